The first-order valence-electron chi connectivity index (χ1n) is 53.7. The van der Waals surface area contributed by atoms with Gasteiger partial charge in [-0.2, -0.15) is 0 Å². The van der Waals surface area contributed by atoms with Gasteiger partial charge in [0.1, 0.15) is 61.8 Å². The molecule has 140 heavy (non-hydrogen) atoms. The normalized spacial score (nSPS) is 19.1. The predicted molar refractivity (Wildman–Crippen MR) is 602 cm³/mol. The first kappa shape index (κ1) is 121. The van der Waals surface area contributed by atoms with Gasteiger partial charge < -0.3 is 23.7 Å². The smallest absolute Gasteiger partial charge is 0.119 e. The third-order valence-electron chi connectivity index (χ3n) is 30.0. The first-order valence-corrected chi connectivity index (χ1v) is 56.0. The van der Waals surface area contributed by atoms with E-state index < -0.39 is 0 Å². The Balaban J connectivity index is 0.000000266. The molecule has 10 aromatic rings. The lowest BCUT2D eigenvalue weighted by molar-refractivity contribution is 0.301. The Morgan fingerprint density at radius 1 is 0.171 bits per heavy atom. The van der Waals surface area contributed by atoms with Crippen LogP contribution < -0.4 is 23.7 Å². The Morgan fingerprint density at radius 2 is 0.307 bits per heavy atom. The Hall–Kier alpha value is -7.40. The third kappa shape index (κ3) is 46.3. The van der Waals surface area contributed by atoms with Crippen molar-refractivity contribution >= 4 is 63.1 Å². The van der Waals surface area contributed by atoms with Gasteiger partial charge in [0.05, 0.1) is 0 Å². The van der Waals surface area contributed by atoms with E-state index in [1.54, 1.807) is 0 Å². The molecule has 0 spiro atoms. The maximum atomic E-state index is 5.87. The Bertz CT molecular complexity index is 4000. The molecule has 0 saturated heterocycles. The topological polar surface area (TPSA) is 46.2 Å². The summed E-state index contributed by atoms with van der Waals surface area (Å²) in [4.78, 5) is 4.80. The molecule has 15 heteroatoms. The van der Waals surface area contributed by atoms with Crippen molar-refractivity contribution in [2.24, 2.45) is 29.6 Å². The molecule has 0 bridgehead atoms. The van der Waals surface area contributed by atoms with Crippen LogP contribution in [0, 0.1) is 29.6 Å². The van der Waals surface area contributed by atoms with Gasteiger partial charge in [-0.3, -0.25) is 23.5 Å². The number of halogens is 5. The van der Waals surface area contributed by atoms with Crippen LogP contribution in [0.2, 0.25) is 0 Å². The first-order chi connectivity index (χ1) is 66.2. The van der Waals surface area contributed by atoms with E-state index >= 15 is 0 Å². The summed E-state index contributed by atoms with van der Waals surface area (Å²) in [5.74, 6) is 13.2. The molecular formula is C125H175F5O5S5. The highest BCUT2D eigenvalue weighted by Gasteiger charge is 2.28. The number of hydrogen-bond donors (Lipinski definition) is 5. The summed E-state index contributed by atoms with van der Waals surface area (Å²) < 4.78 is 29.3. The molecule has 0 aliphatic heterocycles. The minimum Gasteiger partial charge on any atom is -0.489 e. The predicted octanol–water partition coefficient (Wildman–Crippen LogP) is 39.8. The number of rotatable bonds is 45. The quantitative estimate of drug-likeness (QED) is 0.0150. The fraction of sp³-hybridized carbons (Fsp3) is 0.520. The molecule has 10 aromatic carbocycles. The van der Waals surface area contributed by atoms with Crippen molar-refractivity contribution in [1.82, 2.24) is 0 Å². The van der Waals surface area contributed by atoms with E-state index in [4.69, 9.17) is 23.7 Å². The second kappa shape index (κ2) is 71.2. The Morgan fingerprint density at radius 3 is 0.436 bits per heavy atom. The fourth-order valence-electron chi connectivity index (χ4n) is 21.2. The van der Waals surface area contributed by atoms with Gasteiger partial charge in [0.15, 0.2) is 0 Å². The van der Waals surface area contributed by atoms with Crippen LogP contribution in [0.3, 0.4) is 0 Å². The summed E-state index contributed by atoms with van der Waals surface area (Å²) in [6, 6.07) is 84.9. The zero-order chi connectivity index (χ0) is 94.5. The second-order valence-electron chi connectivity index (χ2n) is 40.5. The molecule has 5 saturated carbocycles. The number of hydrogen-bond acceptors (Lipinski definition) is 10. The zero-order valence-electron chi connectivity index (χ0n) is 85.5. The molecule has 5 aliphatic carbocycles. The summed E-state index contributed by atoms with van der Waals surface area (Å²) in [6.07, 6.45) is 63.2. The summed E-state index contributed by atoms with van der Waals surface area (Å²) in [5.41, 5.74) is 13.8. The standard InChI is InChI=1S/5C25H34OS.5FH/c5*1-2-3-4-5-6-20-7-11-22(12-8-20)23-13-9-21(10-14-23)19-26-24-15-17-25(27)18-16-24;;;;;/h5*9-10,13-18,20,22,27H,2-8,11-12,19H2,1H3;5*1H. The van der Waals surface area contributed by atoms with Gasteiger partial charge in [0.25, 0.3) is 0 Å². The van der Waals surface area contributed by atoms with Crippen LogP contribution in [0.15, 0.2) is 267 Å². The van der Waals surface area contributed by atoms with E-state index in [1.807, 2.05) is 121 Å². The fourth-order valence-corrected chi connectivity index (χ4v) is 21.9. The minimum absolute atomic E-state index is 0. The van der Waals surface area contributed by atoms with Crippen molar-refractivity contribution in [3.05, 3.63) is 298 Å². The second-order valence-corrected chi connectivity index (χ2v) is 43.0. The molecule has 5 fully saturated rings. The lowest BCUT2D eigenvalue weighted by Gasteiger charge is -2.29. The number of benzene rings is 10. The molecule has 15 rings (SSSR count). The van der Waals surface area contributed by atoms with Gasteiger partial charge >= 0.3 is 0 Å². The average Bonchev–Trinajstić information content (AvgIpc) is 0.863. The van der Waals surface area contributed by atoms with Gasteiger partial charge in [-0.05, 0) is 365 Å². The van der Waals surface area contributed by atoms with Crippen molar-refractivity contribution in [3.8, 4) is 28.7 Å². The van der Waals surface area contributed by atoms with Crippen molar-refractivity contribution < 1.29 is 47.2 Å². The maximum absolute atomic E-state index is 5.87. The molecule has 0 aromatic heterocycles. The van der Waals surface area contributed by atoms with Crippen molar-refractivity contribution in [2.45, 2.75) is 411 Å². The molecule has 770 valence electrons. The van der Waals surface area contributed by atoms with Gasteiger partial charge in [-0.25, -0.2) is 0 Å². The monoisotopic (exact) mass is 2010 g/mol. The van der Waals surface area contributed by atoms with Gasteiger partial charge in [-0.1, -0.05) is 316 Å². The van der Waals surface area contributed by atoms with Crippen LogP contribution in [0.1, 0.15) is 409 Å². The average molecular weight is 2010 g/mol. The van der Waals surface area contributed by atoms with Gasteiger partial charge in [0.2, 0.25) is 0 Å². The SMILES string of the molecule is CCCCCCC1CCC(c2ccc(COc3ccc(S)cc3)cc2)CC1.CCCCCCC1CCC(c2ccc(COc3ccc(S)cc3)cc2)CC1.CCCCCCC1CCC(c2ccc(COc3ccc(S)cc3)cc2)CC1.CCCCCCC1CCC(c2ccc(COc3ccc(S)cc3)cc2)CC1.CCCCCCC1CCC(c2ccc(COc3ccc(S)cc3)cc2)CC1.F.F.F.F.F. The molecule has 0 N–H and O–H groups in total. The van der Waals surface area contributed by atoms with Crippen LogP contribution in [0.4, 0.5) is 23.5 Å². The lowest BCUT2D eigenvalue weighted by Crippen LogP contribution is -2.13. The van der Waals surface area contributed by atoms with E-state index in [0.717, 1.165) is 112 Å². The van der Waals surface area contributed by atoms with Crippen LogP contribution >= 0.6 is 63.1 Å². The highest BCUT2D eigenvalue weighted by Crippen LogP contribution is 2.44. The van der Waals surface area contributed by atoms with Crippen molar-refractivity contribution in [1.29, 1.82) is 0 Å². The largest absolute Gasteiger partial charge is 0.489 e. The third-order valence-corrected chi connectivity index (χ3v) is 31.5. The summed E-state index contributed by atoms with van der Waals surface area (Å²) in [6.45, 7) is 14.6. The number of thiol groups is 5. The molecule has 5 nitrogen and oxygen atoms in total. The molecule has 0 heterocycles. The molecule has 0 unspecified atom stereocenters. The Labute approximate surface area is 871 Å². The van der Waals surface area contributed by atoms with E-state index in [9.17, 15) is 0 Å². The highest BCUT2D eigenvalue weighted by molar-refractivity contribution is 7.81. The number of ether oxygens (including phenoxy) is 5. The van der Waals surface area contributed by atoms with E-state index in [2.05, 4.69) is 219 Å². The van der Waals surface area contributed by atoms with Crippen LogP contribution in [0.25, 0.3) is 0 Å². The molecule has 0 atom stereocenters. The molecular weight excluding hydrogens is 1840 g/mol. The molecule has 5 aliphatic rings. The van der Waals surface area contributed by atoms with Crippen LogP contribution in [-0.4, -0.2) is 0 Å². The van der Waals surface area contributed by atoms with Crippen LogP contribution in [0.5, 0.6) is 28.7 Å². The lowest BCUT2D eigenvalue weighted by atomic mass is 9.77. The number of unbranched alkanes of at least 4 members (excludes halogenated alkanes) is 15. The van der Waals surface area contributed by atoms with E-state index in [-0.39, 0.29) is 23.5 Å². The maximum Gasteiger partial charge on any atom is 0.119 e. The van der Waals surface area contributed by atoms with Crippen molar-refractivity contribution in [3.63, 3.8) is 0 Å². The van der Waals surface area contributed by atoms with Crippen molar-refractivity contribution in [2.75, 3.05) is 0 Å². The summed E-state index contributed by atoms with van der Waals surface area (Å²) >= 11 is 21.5. The van der Waals surface area contributed by atoms with Gasteiger partial charge in [-0.15, -0.1) is 63.1 Å². The summed E-state index contributed by atoms with van der Waals surface area (Å²) in [7, 11) is 0. The molecule has 0 amide bonds. The van der Waals surface area contributed by atoms with Crippen LogP contribution in [-0.2, 0) is 33.0 Å². The van der Waals surface area contributed by atoms with Gasteiger partial charge in [0, 0.05) is 24.5 Å². The summed E-state index contributed by atoms with van der Waals surface area (Å²) in [5, 5.41) is 0. The van der Waals surface area contributed by atoms with E-state index in [0.29, 0.717) is 33.0 Å². The minimum atomic E-state index is 0. The zero-order valence-corrected chi connectivity index (χ0v) is 90.0. The highest BCUT2D eigenvalue weighted by atomic mass is 32.1. The Kier molecular flexibility index (Phi) is 61.7. The molecule has 0 radical (unpaired) electrons. The van der Waals surface area contributed by atoms with E-state index in [1.165, 1.54) is 345 Å².